The van der Waals surface area contributed by atoms with Crippen LogP contribution in [0.5, 0.6) is 0 Å². The Balaban J connectivity index is 2.40. The van der Waals surface area contributed by atoms with Crippen LogP contribution in [0.25, 0.3) is 0 Å². The van der Waals surface area contributed by atoms with Crippen LogP contribution in [-0.2, 0) is 4.79 Å². The Morgan fingerprint density at radius 2 is 1.85 bits per heavy atom. The third kappa shape index (κ3) is 5.57. The van der Waals surface area contributed by atoms with Crippen LogP contribution in [0.3, 0.4) is 0 Å². The molecule has 148 valence electrons. The summed E-state index contributed by atoms with van der Waals surface area (Å²) in [6, 6.07) is 1.34. The Hall–Kier alpha value is -1.84. The molecule has 6 heteroatoms. The summed E-state index contributed by atoms with van der Waals surface area (Å²) in [6.45, 7) is 9.14. The van der Waals surface area contributed by atoms with Gasteiger partial charge in [-0.2, -0.15) is 0 Å². The highest BCUT2D eigenvalue weighted by atomic mass is 32.1. The number of amides is 1. The molecule has 1 aliphatic rings. The normalized spacial score (nSPS) is 20.1. The summed E-state index contributed by atoms with van der Waals surface area (Å²) in [5.41, 5.74) is -1.08. The van der Waals surface area contributed by atoms with Gasteiger partial charge in [-0.1, -0.05) is 18.8 Å². The molecule has 1 fully saturated rings. The van der Waals surface area contributed by atoms with Gasteiger partial charge in [-0.15, -0.1) is 11.3 Å². The highest BCUT2D eigenvalue weighted by molar-refractivity contribution is 7.17. The number of thiophene rings is 1. The number of carboxylic acid groups (broad SMARTS) is 1. The standard InChI is InChI=1S/C21H29NO4S/c1-13(2)22(18(23)15-8-6-14(3)7-9-15)19-17(20(24)25)12-16(27-19)10-11-21(4,5)26/h12-15,26H,6-9H2,1-5H3,(H,24,25). The fraction of sp³-hybridized carbons (Fsp3) is 0.619. The summed E-state index contributed by atoms with van der Waals surface area (Å²) in [5, 5.41) is 19.9. The molecule has 1 amide bonds. The smallest absolute Gasteiger partial charge is 0.338 e. The van der Waals surface area contributed by atoms with E-state index in [1.807, 2.05) is 13.8 Å². The maximum atomic E-state index is 13.2. The number of aromatic carboxylic acids is 1. The molecular weight excluding hydrogens is 362 g/mol. The summed E-state index contributed by atoms with van der Waals surface area (Å²) in [4.78, 5) is 27.1. The van der Waals surface area contributed by atoms with Gasteiger partial charge in [0, 0.05) is 12.0 Å². The Morgan fingerprint density at radius 1 is 1.26 bits per heavy atom. The molecule has 1 aromatic rings. The Kier molecular flexibility index (Phi) is 6.72. The number of hydrogen-bond acceptors (Lipinski definition) is 4. The molecule has 2 rings (SSSR count). The van der Waals surface area contributed by atoms with Gasteiger partial charge in [-0.05, 0) is 65.4 Å². The third-order valence-electron chi connectivity index (χ3n) is 4.77. The van der Waals surface area contributed by atoms with Crippen molar-refractivity contribution in [1.82, 2.24) is 0 Å². The minimum absolute atomic E-state index is 0.00301. The van der Waals surface area contributed by atoms with Crippen LogP contribution in [-0.4, -0.2) is 33.7 Å². The van der Waals surface area contributed by atoms with Gasteiger partial charge in [-0.3, -0.25) is 4.79 Å². The first kappa shape index (κ1) is 21.5. The first-order valence-corrected chi connectivity index (χ1v) is 10.3. The van der Waals surface area contributed by atoms with Crippen molar-refractivity contribution >= 4 is 28.2 Å². The quantitative estimate of drug-likeness (QED) is 0.756. The zero-order valence-electron chi connectivity index (χ0n) is 16.7. The molecule has 0 radical (unpaired) electrons. The molecule has 0 saturated heterocycles. The van der Waals surface area contributed by atoms with E-state index in [9.17, 15) is 19.8 Å². The van der Waals surface area contributed by atoms with Gasteiger partial charge in [0.05, 0.1) is 10.4 Å². The van der Waals surface area contributed by atoms with Crippen molar-refractivity contribution in [1.29, 1.82) is 0 Å². The molecule has 1 heterocycles. The van der Waals surface area contributed by atoms with Crippen molar-refractivity contribution in [2.75, 3.05) is 4.90 Å². The van der Waals surface area contributed by atoms with Crippen LogP contribution < -0.4 is 4.90 Å². The van der Waals surface area contributed by atoms with Crippen molar-refractivity contribution < 1.29 is 19.8 Å². The molecule has 0 atom stereocenters. The number of carbonyl (C=O) groups is 2. The van der Waals surface area contributed by atoms with Crippen LogP contribution >= 0.6 is 11.3 Å². The van der Waals surface area contributed by atoms with Crippen molar-refractivity contribution in [3.8, 4) is 11.8 Å². The molecular formula is C21H29NO4S. The van der Waals surface area contributed by atoms with E-state index in [-0.39, 0.29) is 23.4 Å². The van der Waals surface area contributed by atoms with Gasteiger partial charge in [-0.25, -0.2) is 4.79 Å². The Bertz CT molecular complexity index is 755. The zero-order valence-corrected chi connectivity index (χ0v) is 17.5. The van der Waals surface area contributed by atoms with Crippen molar-refractivity contribution in [3.63, 3.8) is 0 Å². The highest BCUT2D eigenvalue weighted by Crippen LogP contribution is 2.37. The lowest BCUT2D eigenvalue weighted by Crippen LogP contribution is -2.42. The number of carboxylic acids is 1. The molecule has 27 heavy (non-hydrogen) atoms. The van der Waals surface area contributed by atoms with E-state index in [1.54, 1.807) is 18.7 Å². The molecule has 0 bridgehead atoms. The molecule has 5 nitrogen and oxygen atoms in total. The van der Waals surface area contributed by atoms with E-state index in [1.165, 1.54) is 17.4 Å². The van der Waals surface area contributed by atoms with Crippen LogP contribution in [0.15, 0.2) is 6.07 Å². The van der Waals surface area contributed by atoms with E-state index in [4.69, 9.17) is 0 Å². The van der Waals surface area contributed by atoms with E-state index >= 15 is 0 Å². The zero-order chi connectivity index (χ0) is 20.4. The van der Waals surface area contributed by atoms with Gasteiger partial charge in [0.25, 0.3) is 0 Å². The topological polar surface area (TPSA) is 77.8 Å². The monoisotopic (exact) mass is 391 g/mol. The Morgan fingerprint density at radius 3 is 2.33 bits per heavy atom. The van der Waals surface area contributed by atoms with E-state index in [2.05, 4.69) is 18.8 Å². The lowest BCUT2D eigenvalue weighted by atomic mass is 9.82. The summed E-state index contributed by atoms with van der Waals surface area (Å²) >= 11 is 1.20. The maximum Gasteiger partial charge on any atom is 0.338 e. The minimum atomic E-state index is -1.17. The second kappa shape index (κ2) is 8.45. The molecule has 0 aromatic carbocycles. The van der Waals surface area contributed by atoms with E-state index in [0.29, 0.717) is 15.8 Å². The van der Waals surface area contributed by atoms with Crippen LogP contribution in [0.4, 0.5) is 5.00 Å². The van der Waals surface area contributed by atoms with Gasteiger partial charge >= 0.3 is 5.97 Å². The SMILES string of the molecule is CC1CCC(C(=O)N(c2sc(C#CC(C)(C)O)cc2C(=O)O)C(C)C)CC1. The van der Waals surface area contributed by atoms with Crippen LogP contribution in [0, 0.1) is 23.7 Å². The molecule has 2 N–H and O–H groups in total. The predicted octanol–water partition coefficient (Wildman–Crippen LogP) is 4.14. The average molecular weight is 392 g/mol. The van der Waals surface area contributed by atoms with Gasteiger partial charge in [0.1, 0.15) is 10.6 Å². The van der Waals surface area contributed by atoms with Gasteiger partial charge < -0.3 is 15.1 Å². The predicted molar refractivity (Wildman–Crippen MR) is 108 cm³/mol. The second-order valence-electron chi connectivity index (χ2n) is 8.20. The van der Waals surface area contributed by atoms with Crippen molar-refractivity contribution in [2.24, 2.45) is 11.8 Å². The van der Waals surface area contributed by atoms with Gasteiger partial charge in [0.15, 0.2) is 0 Å². The minimum Gasteiger partial charge on any atom is -0.478 e. The molecule has 1 aliphatic carbocycles. The average Bonchev–Trinajstić information content (AvgIpc) is 2.97. The summed E-state index contributed by atoms with van der Waals surface area (Å²) in [7, 11) is 0. The number of carbonyl (C=O) groups excluding carboxylic acids is 1. The summed E-state index contributed by atoms with van der Waals surface area (Å²) < 4.78 is 0. The number of rotatable bonds is 4. The van der Waals surface area contributed by atoms with Gasteiger partial charge in [0.2, 0.25) is 5.91 Å². The molecule has 1 aromatic heterocycles. The fourth-order valence-corrected chi connectivity index (χ4v) is 4.43. The van der Waals surface area contributed by atoms with E-state index in [0.717, 1.165) is 25.7 Å². The molecule has 0 aliphatic heterocycles. The first-order valence-electron chi connectivity index (χ1n) is 9.45. The molecule has 0 unspecified atom stereocenters. The number of hydrogen-bond donors (Lipinski definition) is 2. The molecule has 1 saturated carbocycles. The van der Waals surface area contributed by atoms with Crippen LogP contribution in [0.2, 0.25) is 0 Å². The lowest BCUT2D eigenvalue weighted by molar-refractivity contribution is -0.123. The Labute approximate surface area is 165 Å². The first-order chi connectivity index (χ1) is 12.5. The fourth-order valence-electron chi connectivity index (χ4n) is 3.28. The number of anilines is 1. The number of nitrogens with zero attached hydrogens (tertiary/aromatic N) is 1. The number of aliphatic hydroxyl groups is 1. The third-order valence-corrected chi connectivity index (χ3v) is 5.82. The lowest BCUT2D eigenvalue weighted by Gasteiger charge is -2.33. The molecule has 0 spiro atoms. The second-order valence-corrected chi connectivity index (χ2v) is 9.23. The van der Waals surface area contributed by atoms with Crippen LogP contribution in [0.1, 0.15) is 75.5 Å². The maximum absolute atomic E-state index is 13.2. The van der Waals surface area contributed by atoms with E-state index < -0.39 is 11.6 Å². The summed E-state index contributed by atoms with van der Waals surface area (Å²) in [6.07, 6.45) is 3.76. The highest BCUT2D eigenvalue weighted by Gasteiger charge is 2.33. The summed E-state index contributed by atoms with van der Waals surface area (Å²) in [5.74, 6) is 5.05. The van der Waals surface area contributed by atoms with Crippen molar-refractivity contribution in [3.05, 3.63) is 16.5 Å². The largest absolute Gasteiger partial charge is 0.478 e. The van der Waals surface area contributed by atoms with Crippen molar-refractivity contribution in [2.45, 2.75) is 71.9 Å².